The van der Waals surface area contributed by atoms with E-state index < -0.39 is 156 Å². The number of aliphatic hydroxyl groups excluding tert-OH is 4. The summed E-state index contributed by atoms with van der Waals surface area (Å²) >= 11 is 0. The molecule has 1 aromatic carbocycles. The summed E-state index contributed by atoms with van der Waals surface area (Å²) in [6.07, 6.45) is -5.21. The van der Waals surface area contributed by atoms with Crippen LogP contribution < -0.4 is 75.1 Å². The highest BCUT2D eigenvalue weighted by Gasteiger charge is 2.40. The molecule has 1 aliphatic heterocycles. The zero-order valence-corrected chi connectivity index (χ0v) is 45.0. The Bertz CT molecular complexity index is 2210. The van der Waals surface area contributed by atoms with Crippen molar-refractivity contribution in [2.75, 3.05) is 26.8 Å². The maximum Gasteiger partial charge on any atom is 0.248 e. The molecule has 0 unspecified atom stereocenters. The zero-order valence-electron chi connectivity index (χ0n) is 44.0. The third-order valence-corrected chi connectivity index (χ3v) is 12.8. The van der Waals surface area contributed by atoms with Crippen molar-refractivity contribution in [3.05, 3.63) is 29.8 Å². The molecule has 29 heteroatoms. The number of aliphatic hydroxyl groups is 4. The van der Waals surface area contributed by atoms with Crippen molar-refractivity contribution in [3.8, 4) is 5.75 Å². The van der Waals surface area contributed by atoms with Crippen LogP contribution in [-0.4, -0.2) is 178 Å². The summed E-state index contributed by atoms with van der Waals surface area (Å²) in [7, 11) is 4.55. The minimum Gasteiger partial charge on any atom is -0.497 e. The average molecular weight is 1100 g/mol. The van der Waals surface area contributed by atoms with Crippen LogP contribution in [0, 0.1) is 23.2 Å². The van der Waals surface area contributed by atoms with Crippen molar-refractivity contribution >= 4 is 73.4 Å². The number of nitrogens with one attached hydrogen (secondary N) is 11. The van der Waals surface area contributed by atoms with E-state index >= 15 is 0 Å². The van der Waals surface area contributed by atoms with Gasteiger partial charge in [0.25, 0.3) is 0 Å². The maximum absolute atomic E-state index is 14.4. The number of primary amides is 1. The van der Waals surface area contributed by atoms with Gasteiger partial charge < -0.3 is 90.2 Å². The Morgan fingerprint density at radius 3 is 1.82 bits per heavy atom. The van der Waals surface area contributed by atoms with Gasteiger partial charge in [-0.2, -0.15) is 0 Å². The molecule has 2 rings (SSSR count). The van der Waals surface area contributed by atoms with E-state index in [9.17, 15) is 63.6 Å². The molecule has 28 nitrogen and oxygen atoms in total. The Morgan fingerprint density at radius 1 is 0.737 bits per heavy atom. The van der Waals surface area contributed by atoms with Crippen LogP contribution in [0.5, 0.6) is 5.75 Å². The fourth-order valence-corrected chi connectivity index (χ4v) is 8.03. The monoisotopic (exact) mass is 1090 g/mol. The van der Waals surface area contributed by atoms with Crippen LogP contribution in [0.25, 0.3) is 0 Å². The Balaban J connectivity index is 2.88. The second-order valence-electron chi connectivity index (χ2n) is 19.2. The predicted octanol–water partition coefficient (Wildman–Crippen LogP) is -5.96. The van der Waals surface area contributed by atoms with Crippen LogP contribution in [0.4, 0.5) is 0 Å². The van der Waals surface area contributed by atoms with E-state index in [0.717, 1.165) is 6.92 Å². The number of carbonyl (C=O) groups is 9. The smallest absolute Gasteiger partial charge is 0.248 e. The molecule has 0 aliphatic carbocycles. The Kier molecular flexibility index (Phi) is 27.2. The van der Waals surface area contributed by atoms with Crippen molar-refractivity contribution in [2.24, 2.45) is 35.0 Å². The molecule has 0 bridgehead atoms. The molecule has 1 aromatic rings. The van der Waals surface area contributed by atoms with Crippen LogP contribution >= 0.6 is 8.86 Å². The zero-order chi connectivity index (χ0) is 57.7. The van der Waals surface area contributed by atoms with Gasteiger partial charge in [0.05, 0.1) is 38.5 Å². The first-order valence-electron chi connectivity index (χ1n) is 24.7. The number of amides is 9. The fourth-order valence-electron chi connectivity index (χ4n) is 7.62. The highest BCUT2D eigenvalue weighted by atomic mass is 31.0. The molecule has 21 N–H and O–H groups in total. The van der Waals surface area contributed by atoms with E-state index in [1.165, 1.54) is 31.4 Å². The van der Waals surface area contributed by atoms with E-state index in [0.29, 0.717) is 5.75 Å². The second-order valence-corrected chi connectivity index (χ2v) is 19.8. The molecule has 13 atom stereocenters. The summed E-state index contributed by atoms with van der Waals surface area (Å²) in [5.41, 5.74) is 17.2. The van der Waals surface area contributed by atoms with Gasteiger partial charge >= 0.3 is 0 Å². The number of guanidine groups is 1. The summed E-state index contributed by atoms with van der Waals surface area (Å²) < 4.78 is 5.25. The molecule has 1 heterocycles. The number of hydrogen-bond donors (Lipinski definition) is 18. The molecule has 1 aliphatic rings. The third kappa shape index (κ3) is 20.2. The molecule has 76 heavy (non-hydrogen) atoms. The molecule has 9 amide bonds. The molecule has 426 valence electrons. The van der Waals surface area contributed by atoms with Crippen molar-refractivity contribution in [2.45, 2.75) is 147 Å². The topological polar surface area (TPSA) is 466 Å². The Morgan fingerprint density at radius 2 is 1.29 bits per heavy atom. The largest absolute Gasteiger partial charge is 0.497 e. The summed E-state index contributed by atoms with van der Waals surface area (Å²) in [6.45, 7) is 9.20. The number of benzene rings is 1. The van der Waals surface area contributed by atoms with Gasteiger partial charge in [-0.25, -0.2) is 0 Å². The lowest BCUT2D eigenvalue weighted by Gasteiger charge is -2.32. The summed E-state index contributed by atoms with van der Waals surface area (Å²) in [5.74, 6) is -11.2. The Labute approximate surface area is 443 Å². The fraction of sp³-hybridized carbons (Fsp3) is 0.638. The van der Waals surface area contributed by atoms with E-state index in [1.54, 1.807) is 41.5 Å². The summed E-state index contributed by atoms with van der Waals surface area (Å²) in [6, 6.07) is -8.76. The first kappa shape index (κ1) is 65.6. The summed E-state index contributed by atoms with van der Waals surface area (Å²) in [5, 5.41) is 75.9. The molecule has 0 saturated carbocycles. The number of carbonyl (C=O) groups excluding carboxylic acids is 9. The van der Waals surface area contributed by atoms with Crippen LogP contribution in [0.3, 0.4) is 0 Å². The van der Waals surface area contributed by atoms with Gasteiger partial charge in [0.15, 0.2) is 12.1 Å². The molecule has 0 aromatic heterocycles. The predicted molar refractivity (Wildman–Crippen MR) is 280 cm³/mol. The molecule has 1 fully saturated rings. The minimum atomic E-state index is -2.22. The summed E-state index contributed by atoms with van der Waals surface area (Å²) in [4.78, 5) is 125. The number of hydrogen-bond acceptors (Lipinski definition) is 16. The highest BCUT2D eigenvalue weighted by Crippen LogP contribution is 2.22. The van der Waals surface area contributed by atoms with Gasteiger partial charge in [-0.3, -0.25) is 53.9 Å². The average Bonchev–Trinajstić information content (AvgIpc) is 3.36. The van der Waals surface area contributed by atoms with E-state index in [-0.39, 0.29) is 49.7 Å². The molecule has 1 saturated heterocycles. The third-order valence-electron chi connectivity index (χ3n) is 12.3. The van der Waals surface area contributed by atoms with Gasteiger partial charge in [0, 0.05) is 12.0 Å². The molecule has 0 spiro atoms. The number of rotatable bonds is 16. The van der Waals surface area contributed by atoms with Crippen LogP contribution in [-0.2, 0) is 43.2 Å². The lowest BCUT2D eigenvalue weighted by molar-refractivity contribution is -0.138. The lowest BCUT2D eigenvalue weighted by Crippen LogP contribution is -2.64. The number of ether oxygens (including phenoxy) is 1. The van der Waals surface area contributed by atoms with E-state index in [2.05, 4.69) is 62.0 Å². The standard InChI is InChI=1S/C47H79N14O14P/c1-9-22(6)31-44(73)59-32(23(7)63)43(72)53-18-29(64)57-35(37(66)38(49)67)46(76)56-28(19-62)41(70)60-33(24-12-14-25(75-8)15-13-24)30(48)42(71)61-34(36(65)21(4)5)45(74)55-27(17-20(2)3)40(69)54-26(39(68)58-31)11-10-16-52-47(50)51/h12-15,20-23,26-28,30-37,56,62-63,65-66,76H,9-11,16-19,48H2,1-8H3,(H2,49,67)(H,53,72)(H,54,69)(H,55,74)(H,57,64)(H,58,68)(H,59,73)(H,60,70)(H,61,71)(H4,50,51,52)/t22-,23-,26+,27-,28-,30+,31-,32-,33-,34-,35-,36+,37-/m0/s1. The SMILES string of the molecule is CC[C@H](C)[C@@H]1NC(=O)[C@@H](CCCNC(=N)N)NC(=O)[C@H](CC(C)C)NC(=O)[C@H]([C@H](O)C(C)C)NC(=O)[C@H](N)[C@H](c2ccc(OC)cc2)NC(=O)[C@H](CO)NC(=P)[C@H]([C@H](O)C(N)=O)NC(=O)CNC(=O)[C@H]([C@H](C)O)NC1=O. The molecular formula is C47H79N14O14P. The van der Waals surface area contributed by atoms with Gasteiger partial charge in [0.2, 0.25) is 53.2 Å². The number of methoxy groups -OCH3 is 1. The number of nitrogens with two attached hydrogens (primary N) is 3. The Hall–Kier alpha value is -6.55. The minimum absolute atomic E-state index is 0.0423. The van der Waals surface area contributed by atoms with Crippen molar-refractivity contribution in [1.82, 2.24) is 53.2 Å². The van der Waals surface area contributed by atoms with Gasteiger partial charge in [-0.05, 0) is 61.6 Å². The van der Waals surface area contributed by atoms with Crippen molar-refractivity contribution in [3.63, 3.8) is 0 Å². The van der Waals surface area contributed by atoms with Crippen LogP contribution in [0.15, 0.2) is 24.3 Å². The van der Waals surface area contributed by atoms with Crippen molar-refractivity contribution < 1.29 is 68.3 Å². The van der Waals surface area contributed by atoms with Crippen LogP contribution in [0.2, 0.25) is 0 Å². The first-order chi connectivity index (χ1) is 35.6. The maximum atomic E-state index is 14.4. The van der Waals surface area contributed by atoms with E-state index in [4.69, 9.17) is 27.3 Å². The molecular weight excluding hydrogens is 1020 g/mol. The lowest BCUT2D eigenvalue weighted by atomic mass is 9.95. The molecule has 0 radical (unpaired) electrons. The van der Waals surface area contributed by atoms with Crippen molar-refractivity contribution in [1.29, 1.82) is 5.41 Å². The van der Waals surface area contributed by atoms with Gasteiger partial charge in [0.1, 0.15) is 54.1 Å². The van der Waals surface area contributed by atoms with Gasteiger partial charge in [-0.1, -0.05) is 60.1 Å². The quantitative estimate of drug-likeness (QED) is 0.0317. The van der Waals surface area contributed by atoms with E-state index in [1.807, 2.05) is 0 Å². The second kappa shape index (κ2) is 31.5. The normalized spacial score (nSPS) is 26.3. The van der Waals surface area contributed by atoms with Gasteiger partial charge in [-0.15, -0.1) is 8.86 Å². The highest BCUT2D eigenvalue weighted by molar-refractivity contribution is 7.21. The first-order valence-corrected chi connectivity index (χ1v) is 25.2. The van der Waals surface area contributed by atoms with Crippen LogP contribution in [0.1, 0.15) is 85.8 Å².